The molecular weight excluding hydrogens is 651 g/mol. The largest absolute Gasteiger partial charge is 2.00 e. The van der Waals surface area contributed by atoms with Crippen molar-refractivity contribution in [3.8, 4) is 0 Å². The third kappa shape index (κ3) is 17.7. The molecule has 0 aromatic rings. The first-order chi connectivity index (χ1) is 0. The summed E-state index contributed by atoms with van der Waals surface area (Å²) in [4.78, 5) is 0. The zero-order valence-electron chi connectivity index (χ0n) is 2.84. The maximum absolute atomic E-state index is 0. The molecule has 0 fully saturated rings. The quantitative estimate of drug-likeness (QED) is 0.181. The molecule has 0 aromatic heterocycles. The number of halogens is 3. The van der Waals surface area contributed by atoms with Crippen molar-refractivity contribution in [3.63, 3.8) is 0 Å². The van der Waals surface area contributed by atoms with Crippen LogP contribution in [0.15, 0.2) is 0 Å². The molecule has 0 unspecified atom stereocenters. The fraction of sp³-hybridized carbons (Fsp3) is 0. The molecule has 24 valence electrons. The van der Waals surface area contributed by atoms with E-state index in [1.54, 1.807) is 0 Å². The Morgan fingerprint density at radius 3 is 0.600 bits per heavy atom. The van der Waals surface area contributed by atoms with Gasteiger partial charge in [0.15, 0.2) is 0 Å². The molecular formula is BaCsI3. The standard InChI is InChI=1S/Ba.Cs.3HI/h;;3*1H/q+2;+1;;;/p-3. The van der Waals surface area contributed by atoms with Crippen LogP contribution in [-0.2, 0) is 0 Å². The predicted molar refractivity (Wildman–Crippen MR) is 5.75 cm³/mol. The molecule has 0 aliphatic rings. The summed E-state index contributed by atoms with van der Waals surface area (Å²) >= 11 is 0. The summed E-state index contributed by atoms with van der Waals surface area (Å²) < 4.78 is 0. The molecule has 0 saturated heterocycles. The van der Waals surface area contributed by atoms with Gasteiger partial charge in [0.2, 0.25) is 0 Å². The zero-order chi connectivity index (χ0) is 0. The van der Waals surface area contributed by atoms with Gasteiger partial charge in [-0.2, -0.15) is 0 Å². The SMILES string of the molecule is [Ba+2].[Cs+].[I-].[I-].[I-]. The Bertz CT molecular complexity index is 6.85. The van der Waals surface area contributed by atoms with Crippen molar-refractivity contribution in [2.24, 2.45) is 0 Å². The Labute approximate surface area is 183 Å². The van der Waals surface area contributed by atoms with E-state index in [-0.39, 0.29) is 190 Å². The molecule has 0 aromatic carbocycles. The summed E-state index contributed by atoms with van der Waals surface area (Å²) in [6.45, 7) is 0. The second kappa shape index (κ2) is 22.6. The monoisotopic (exact) mass is 652 g/mol. The molecule has 0 saturated carbocycles. The van der Waals surface area contributed by atoms with E-state index < -0.39 is 0 Å². The van der Waals surface area contributed by atoms with E-state index in [0.29, 0.717) is 0 Å². The third-order valence-electron chi connectivity index (χ3n) is 0. The van der Waals surface area contributed by atoms with Crippen LogP contribution in [0.5, 0.6) is 0 Å². The van der Waals surface area contributed by atoms with Crippen molar-refractivity contribution in [3.05, 3.63) is 0 Å². The first-order valence-electron chi connectivity index (χ1n) is 0. The average Bonchev–Trinajstić information content (AvgIpc) is 0. The van der Waals surface area contributed by atoms with E-state index in [1.165, 1.54) is 0 Å². The molecule has 5 heteroatoms. The van der Waals surface area contributed by atoms with Crippen LogP contribution in [0, 0.1) is 0 Å². The second-order valence-corrected chi connectivity index (χ2v) is 0. The van der Waals surface area contributed by atoms with E-state index in [1.807, 2.05) is 0 Å². The van der Waals surface area contributed by atoms with Crippen molar-refractivity contribution < 1.29 is 141 Å². The van der Waals surface area contributed by atoms with Gasteiger partial charge in [-0.3, -0.25) is 0 Å². The van der Waals surface area contributed by atoms with Crippen LogP contribution in [0.4, 0.5) is 0 Å². The van der Waals surface area contributed by atoms with Gasteiger partial charge in [0, 0.05) is 0 Å². The fourth-order valence-corrected chi connectivity index (χ4v) is 0. The van der Waals surface area contributed by atoms with Crippen molar-refractivity contribution >= 4 is 48.9 Å². The van der Waals surface area contributed by atoms with Crippen LogP contribution < -0.4 is 141 Å². The first-order valence-corrected chi connectivity index (χ1v) is 0. The van der Waals surface area contributed by atoms with Crippen molar-refractivity contribution in [2.45, 2.75) is 0 Å². The summed E-state index contributed by atoms with van der Waals surface area (Å²) in [6.07, 6.45) is 0. The fourth-order valence-electron chi connectivity index (χ4n) is 0. The normalized spacial score (nSPS) is 0. The third-order valence-corrected chi connectivity index (χ3v) is 0. The molecule has 0 radical (unpaired) electrons. The Hall–Kier alpha value is 5.81. The molecule has 0 rings (SSSR count). The van der Waals surface area contributed by atoms with E-state index in [0.717, 1.165) is 0 Å². The first kappa shape index (κ1) is 30.8. The van der Waals surface area contributed by atoms with Gasteiger partial charge in [-0.05, 0) is 0 Å². The minimum absolute atomic E-state index is 0. The second-order valence-electron chi connectivity index (χ2n) is 0. The summed E-state index contributed by atoms with van der Waals surface area (Å²) in [5.74, 6) is 0. The summed E-state index contributed by atoms with van der Waals surface area (Å²) in [5.41, 5.74) is 0. The summed E-state index contributed by atoms with van der Waals surface area (Å²) in [6, 6.07) is 0. The topological polar surface area (TPSA) is 0 Å². The number of hydrogen-bond donors (Lipinski definition) is 0. The van der Waals surface area contributed by atoms with Crippen LogP contribution >= 0.6 is 0 Å². The van der Waals surface area contributed by atoms with Crippen LogP contribution in [0.1, 0.15) is 0 Å². The zero-order valence-corrected chi connectivity index (χ0v) is 20.0. The van der Waals surface area contributed by atoms with Gasteiger partial charge in [-0.15, -0.1) is 0 Å². The molecule has 0 N–H and O–H groups in total. The van der Waals surface area contributed by atoms with E-state index >= 15 is 0 Å². The number of hydrogen-bond acceptors (Lipinski definition) is 0. The van der Waals surface area contributed by atoms with Gasteiger partial charge < -0.3 is 71.9 Å². The Morgan fingerprint density at radius 1 is 0.600 bits per heavy atom. The molecule has 0 amide bonds. The molecule has 0 spiro atoms. The van der Waals surface area contributed by atoms with Crippen molar-refractivity contribution in [1.29, 1.82) is 0 Å². The van der Waals surface area contributed by atoms with Gasteiger partial charge >= 0.3 is 118 Å². The Morgan fingerprint density at radius 2 is 0.600 bits per heavy atom. The minimum Gasteiger partial charge on any atom is -1.00 e. The molecule has 0 heterocycles. The van der Waals surface area contributed by atoms with Crippen LogP contribution in [-0.4, -0.2) is 48.9 Å². The summed E-state index contributed by atoms with van der Waals surface area (Å²) in [5, 5.41) is 0. The molecule has 5 heavy (non-hydrogen) atoms. The molecule has 0 atom stereocenters. The maximum atomic E-state index is 0. The van der Waals surface area contributed by atoms with Crippen LogP contribution in [0.3, 0.4) is 0 Å². The van der Waals surface area contributed by atoms with E-state index in [4.69, 9.17) is 0 Å². The Kier molecular flexibility index (Phi) is 139. The van der Waals surface area contributed by atoms with Gasteiger partial charge in [-0.1, -0.05) is 0 Å². The predicted octanol–water partition coefficient (Wildman–Crippen LogP) is -12.4. The molecule has 0 bridgehead atoms. The van der Waals surface area contributed by atoms with E-state index in [9.17, 15) is 0 Å². The summed E-state index contributed by atoms with van der Waals surface area (Å²) in [7, 11) is 0. The van der Waals surface area contributed by atoms with Gasteiger partial charge in [0.1, 0.15) is 0 Å². The molecule has 0 nitrogen and oxygen atoms in total. The van der Waals surface area contributed by atoms with Crippen LogP contribution in [0.25, 0.3) is 0 Å². The average molecular weight is 651 g/mol. The smallest absolute Gasteiger partial charge is 1.00 e. The molecule has 0 aliphatic carbocycles. The van der Waals surface area contributed by atoms with Crippen molar-refractivity contribution in [2.75, 3.05) is 0 Å². The van der Waals surface area contributed by atoms with Gasteiger partial charge in [0.25, 0.3) is 0 Å². The van der Waals surface area contributed by atoms with Crippen molar-refractivity contribution in [1.82, 2.24) is 0 Å². The van der Waals surface area contributed by atoms with Gasteiger partial charge in [0.05, 0.1) is 0 Å². The minimum atomic E-state index is 0. The van der Waals surface area contributed by atoms with E-state index in [2.05, 4.69) is 0 Å². The number of rotatable bonds is 0. The van der Waals surface area contributed by atoms with Crippen LogP contribution in [0.2, 0.25) is 0 Å². The maximum Gasteiger partial charge on any atom is 2.00 e. The Balaban J connectivity index is 0. The molecule has 0 aliphatic heterocycles. The van der Waals surface area contributed by atoms with Gasteiger partial charge in [-0.25, -0.2) is 0 Å².